The highest BCUT2D eigenvalue weighted by Crippen LogP contribution is 2.16. The molecule has 0 aliphatic carbocycles. The molecule has 1 aromatic carbocycles. The number of rotatable bonds is 9. The van der Waals surface area contributed by atoms with Gasteiger partial charge < -0.3 is 15.4 Å². The van der Waals surface area contributed by atoms with Crippen molar-refractivity contribution in [2.75, 3.05) is 26.7 Å². The number of carbonyl (C=O) groups excluding carboxylic acids is 1. The first kappa shape index (κ1) is 18.7. The fraction of sp³-hybridized carbons (Fsp3) is 0.533. The molecule has 0 aliphatic rings. The molecule has 0 fully saturated rings. The largest absolute Gasteiger partial charge is 0.493 e. The summed E-state index contributed by atoms with van der Waals surface area (Å²) < 4.78 is 5.64. The van der Waals surface area contributed by atoms with Crippen LogP contribution in [-0.4, -0.2) is 32.7 Å². The Labute approximate surface area is 127 Å². The molecule has 1 rings (SSSR count). The first-order valence-electron chi connectivity index (χ1n) is 6.83. The van der Waals surface area contributed by atoms with Crippen LogP contribution in [0.2, 0.25) is 0 Å². The van der Waals surface area contributed by atoms with Gasteiger partial charge in [-0.05, 0) is 45.0 Å². The number of aryl methyl sites for hydroxylation is 1. The van der Waals surface area contributed by atoms with Crippen molar-refractivity contribution in [2.24, 2.45) is 0 Å². The molecule has 20 heavy (non-hydrogen) atoms. The van der Waals surface area contributed by atoms with Gasteiger partial charge in [0, 0.05) is 13.0 Å². The minimum atomic E-state index is 0. The normalized spacial score (nSPS) is 9.70. The molecule has 4 nitrogen and oxygen atoms in total. The highest BCUT2D eigenvalue weighted by molar-refractivity contribution is 5.85. The van der Waals surface area contributed by atoms with E-state index in [1.165, 1.54) is 0 Å². The molecular weight excluding hydrogens is 276 g/mol. The maximum absolute atomic E-state index is 11.5. The summed E-state index contributed by atoms with van der Waals surface area (Å²) >= 11 is 0. The molecule has 0 atom stereocenters. The van der Waals surface area contributed by atoms with Crippen LogP contribution in [0, 0.1) is 6.92 Å². The molecule has 0 aromatic heterocycles. The van der Waals surface area contributed by atoms with Crippen molar-refractivity contribution < 1.29 is 9.53 Å². The summed E-state index contributed by atoms with van der Waals surface area (Å²) in [5.41, 5.74) is 1.12. The van der Waals surface area contributed by atoms with Crippen molar-refractivity contribution in [3.8, 4) is 5.75 Å². The third-order valence-corrected chi connectivity index (χ3v) is 2.83. The van der Waals surface area contributed by atoms with E-state index >= 15 is 0 Å². The molecule has 0 saturated carbocycles. The van der Waals surface area contributed by atoms with Crippen molar-refractivity contribution in [3.63, 3.8) is 0 Å². The van der Waals surface area contributed by atoms with Crippen LogP contribution in [0.25, 0.3) is 0 Å². The lowest BCUT2D eigenvalue weighted by atomic mass is 10.2. The molecule has 0 aliphatic heterocycles. The van der Waals surface area contributed by atoms with Crippen LogP contribution in [0.1, 0.15) is 24.8 Å². The zero-order valence-electron chi connectivity index (χ0n) is 12.3. The standard InChI is InChI=1S/C15H24N2O2.ClH/c1-13-7-3-4-8-14(13)19-12-5-9-15(18)17-11-6-10-16-2;/h3-4,7-8,16H,5-6,9-12H2,1-2H3,(H,17,18);1H. The van der Waals surface area contributed by atoms with E-state index in [2.05, 4.69) is 10.6 Å². The summed E-state index contributed by atoms with van der Waals surface area (Å²) in [6, 6.07) is 7.91. The second-order valence-corrected chi connectivity index (χ2v) is 4.52. The highest BCUT2D eigenvalue weighted by atomic mass is 35.5. The second kappa shape index (κ2) is 11.6. The van der Waals surface area contributed by atoms with E-state index in [0.717, 1.165) is 37.2 Å². The van der Waals surface area contributed by atoms with Crippen molar-refractivity contribution in [3.05, 3.63) is 29.8 Å². The fourth-order valence-electron chi connectivity index (χ4n) is 1.71. The Balaban J connectivity index is 0.00000361. The zero-order valence-corrected chi connectivity index (χ0v) is 13.1. The molecule has 0 heterocycles. The van der Waals surface area contributed by atoms with Gasteiger partial charge in [-0.3, -0.25) is 4.79 Å². The van der Waals surface area contributed by atoms with Gasteiger partial charge in [0.1, 0.15) is 5.75 Å². The number of hydrogen-bond acceptors (Lipinski definition) is 3. The molecular formula is C15H25ClN2O2. The van der Waals surface area contributed by atoms with Crippen LogP contribution in [0.3, 0.4) is 0 Å². The van der Waals surface area contributed by atoms with Gasteiger partial charge in [0.25, 0.3) is 0 Å². The smallest absolute Gasteiger partial charge is 0.220 e. The minimum Gasteiger partial charge on any atom is -0.493 e. The molecule has 5 heteroatoms. The Kier molecular flexibility index (Phi) is 10.8. The van der Waals surface area contributed by atoms with Crippen molar-refractivity contribution in [2.45, 2.75) is 26.2 Å². The molecule has 1 amide bonds. The van der Waals surface area contributed by atoms with Crippen LogP contribution >= 0.6 is 12.4 Å². The number of benzene rings is 1. The Morgan fingerprint density at radius 3 is 2.65 bits per heavy atom. The number of para-hydroxylation sites is 1. The third-order valence-electron chi connectivity index (χ3n) is 2.83. The SMILES string of the molecule is CNCCCNC(=O)CCCOc1ccccc1C.Cl. The van der Waals surface area contributed by atoms with E-state index in [1.54, 1.807) is 0 Å². The lowest BCUT2D eigenvalue weighted by Crippen LogP contribution is -2.26. The van der Waals surface area contributed by atoms with Gasteiger partial charge in [0.05, 0.1) is 6.61 Å². The van der Waals surface area contributed by atoms with E-state index in [4.69, 9.17) is 4.74 Å². The number of amides is 1. The monoisotopic (exact) mass is 300 g/mol. The van der Waals surface area contributed by atoms with E-state index in [9.17, 15) is 4.79 Å². The number of hydrogen-bond donors (Lipinski definition) is 2. The van der Waals surface area contributed by atoms with Gasteiger partial charge in [-0.2, -0.15) is 0 Å². The van der Waals surface area contributed by atoms with Gasteiger partial charge in [0.2, 0.25) is 5.91 Å². The van der Waals surface area contributed by atoms with E-state index < -0.39 is 0 Å². The number of nitrogens with one attached hydrogen (secondary N) is 2. The first-order chi connectivity index (χ1) is 9.24. The van der Waals surface area contributed by atoms with E-state index in [0.29, 0.717) is 13.0 Å². The van der Waals surface area contributed by atoms with Crippen molar-refractivity contribution >= 4 is 18.3 Å². The Hall–Kier alpha value is -1.26. The number of halogens is 1. The molecule has 1 aromatic rings. The van der Waals surface area contributed by atoms with E-state index in [-0.39, 0.29) is 18.3 Å². The van der Waals surface area contributed by atoms with Crippen LogP contribution in [0.5, 0.6) is 5.75 Å². The van der Waals surface area contributed by atoms with Gasteiger partial charge >= 0.3 is 0 Å². The van der Waals surface area contributed by atoms with Crippen molar-refractivity contribution in [1.29, 1.82) is 0 Å². The average Bonchev–Trinajstić information content (AvgIpc) is 2.41. The molecule has 0 spiro atoms. The molecule has 0 radical (unpaired) electrons. The van der Waals surface area contributed by atoms with Gasteiger partial charge in [0.15, 0.2) is 0 Å². The highest BCUT2D eigenvalue weighted by Gasteiger charge is 2.01. The third kappa shape index (κ3) is 8.02. The lowest BCUT2D eigenvalue weighted by Gasteiger charge is -2.09. The number of carbonyl (C=O) groups is 1. The maximum atomic E-state index is 11.5. The lowest BCUT2D eigenvalue weighted by molar-refractivity contribution is -0.121. The molecule has 0 bridgehead atoms. The Morgan fingerprint density at radius 1 is 1.20 bits per heavy atom. The van der Waals surface area contributed by atoms with Gasteiger partial charge in [-0.15, -0.1) is 12.4 Å². The van der Waals surface area contributed by atoms with Crippen LogP contribution < -0.4 is 15.4 Å². The maximum Gasteiger partial charge on any atom is 0.220 e. The summed E-state index contributed by atoms with van der Waals surface area (Å²) in [6.07, 6.45) is 2.22. The topological polar surface area (TPSA) is 50.4 Å². The quantitative estimate of drug-likeness (QED) is 0.688. The molecule has 114 valence electrons. The predicted molar refractivity (Wildman–Crippen MR) is 84.7 cm³/mol. The molecule has 2 N–H and O–H groups in total. The van der Waals surface area contributed by atoms with Gasteiger partial charge in [-0.1, -0.05) is 18.2 Å². The van der Waals surface area contributed by atoms with Crippen LogP contribution in [0.4, 0.5) is 0 Å². The molecule has 0 saturated heterocycles. The van der Waals surface area contributed by atoms with Crippen LogP contribution in [0.15, 0.2) is 24.3 Å². The van der Waals surface area contributed by atoms with Crippen molar-refractivity contribution in [1.82, 2.24) is 10.6 Å². The summed E-state index contributed by atoms with van der Waals surface area (Å²) in [6.45, 7) is 4.26. The summed E-state index contributed by atoms with van der Waals surface area (Å²) in [5, 5.41) is 5.94. The first-order valence-corrected chi connectivity index (χ1v) is 6.83. The van der Waals surface area contributed by atoms with Gasteiger partial charge in [-0.25, -0.2) is 0 Å². The average molecular weight is 301 g/mol. The fourth-order valence-corrected chi connectivity index (χ4v) is 1.71. The Bertz CT molecular complexity index is 386. The summed E-state index contributed by atoms with van der Waals surface area (Å²) in [5.74, 6) is 1.00. The van der Waals surface area contributed by atoms with Crippen LogP contribution in [-0.2, 0) is 4.79 Å². The second-order valence-electron chi connectivity index (χ2n) is 4.52. The predicted octanol–water partition coefficient (Wildman–Crippen LogP) is 2.30. The molecule has 0 unspecified atom stereocenters. The minimum absolute atomic E-state index is 0. The summed E-state index contributed by atoms with van der Waals surface area (Å²) in [4.78, 5) is 11.5. The van der Waals surface area contributed by atoms with E-state index in [1.807, 2.05) is 38.2 Å². The summed E-state index contributed by atoms with van der Waals surface area (Å²) in [7, 11) is 1.91. The zero-order chi connectivity index (χ0) is 13.9. The Morgan fingerprint density at radius 2 is 1.95 bits per heavy atom. The number of ether oxygens (including phenoxy) is 1.